The first-order chi connectivity index (χ1) is 9.95. The van der Waals surface area contributed by atoms with Crippen molar-refractivity contribution in [1.82, 2.24) is 5.32 Å². The second kappa shape index (κ2) is 5.00. The van der Waals surface area contributed by atoms with Gasteiger partial charge in [-0.15, -0.1) is 0 Å². The quantitative estimate of drug-likeness (QED) is 0.756. The summed E-state index contributed by atoms with van der Waals surface area (Å²) in [6, 6.07) is 2.82. The van der Waals surface area contributed by atoms with Gasteiger partial charge in [-0.05, 0) is 25.0 Å². The molecule has 1 aliphatic carbocycles. The van der Waals surface area contributed by atoms with Crippen LogP contribution >= 0.6 is 0 Å². The van der Waals surface area contributed by atoms with Gasteiger partial charge in [0.2, 0.25) is 5.91 Å². The third-order valence-corrected chi connectivity index (χ3v) is 3.65. The van der Waals surface area contributed by atoms with Gasteiger partial charge in [-0.3, -0.25) is 9.59 Å². The first kappa shape index (κ1) is 13.8. The fourth-order valence-corrected chi connectivity index (χ4v) is 2.35. The van der Waals surface area contributed by atoms with E-state index >= 15 is 0 Å². The van der Waals surface area contributed by atoms with Crippen molar-refractivity contribution in [2.75, 3.05) is 23.8 Å². The van der Waals surface area contributed by atoms with Crippen molar-refractivity contribution in [3.63, 3.8) is 0 Å². The number of nitrogens with one attached hydrogen (secondary N) is 2. The van der Waals surface area contributed by atoms with Crippen molar-refractivity contribution in [3.8, 4) is 0 Å². The lowest BCUT2D eigenvalue weighted by Gasteiger charge is -2.20. The lowest BCUT2D eigenvalue weighted by Crippen LogP contribution is -2.36. The molecule has 1 atom stereocenters. The maximum Gasteiger partial charge on any atom is 0.257 e. The third kappa shape index (κ3) is 2.69. The summed E-state index contributed by atoms with van der Waals surface area (Å²) in [5, 5.41) is 14.9. The van der Waals surface area contributed by atoms with Crippen molar-refractivity contribution in [2.24, 2.45) is 0 Å². The van der Waals surface area contributed by atoms with Crippen molar-refractivity contribution in [1.29, 1.82) is 0 Å². The molecule has 0 aromatic heterocycles. The van der Waals surface area contributed by atoms with Gasteiger partial charge in [0.1, 0.15) is 5.82 Å². The van der Waals surface area contributed by atoms with Gasteiger partial charge < -0.3 is 20.6 Å². The Kier molecular flexibility index (Phi) is 3.29. The molecule has 7 heteroatoms. The fourth-order valence-electron chi connectivity index (χ4n) is 2.35. The Bertz CT molecular complexity index is 616. The number of hydrogen-bond acceptors (Lipinski definition) is 4. The molecule has 1 aliphatic heterocycles. The minimum atomic E-state index is -1.34. The van der Waals surface area contributed by atoms with Gasteiger partial charge in [0.25, 0.3) is 5.91 Å². The number of anilines is 2. The SMILES string of the molecule is CN(CC(=O)NC1CC1)c1cc2c(cc1F)C(O)C(=O)N2. The molecule has 1 heterocycles. The van der Waals surface area contributed by atoms with Crippen LogP contribution in [-0.4, -0.2) is 36.6 Å². The Balaban J connectivity index is 1.77. The van der Waals surface area contributed by atoms with Crippen LogP contribution in [0, 0.1) is 5.82 Å². The van der Waals surface area contributed by atoms with Crippen LogP contribution in [0.2, 0.25) is 0 Å². The van der Waals surface area contributed by atoms with E-state index in [2.05, 4.69) is 10.6 Å². The van der Waals surface area contributed by atoms with Crippen molar-refractivity contribution in [3.05, 3.63) is 23.5 Å². The summed E-state index contributed by atoms with van der Waals surface area (Å²) < 4.78 is 14.1. The summed E-state index contributed by atoms with van der Waals surface area (Å²) >= 11 is 0. The fraction of sp³-hybridized carbons (Fsp3) is 0.429. The molecule has 2 amide bonds. The second-order valence-corrected chi connectivity index (χ2v) is 5.48. The number of fused-ring (bicyclic) bond motifs is 1. The summed E-state index contributed by atoms with van der Waals surface area (Å²) in [6.07, 6.45) is 0.645. The van der Waals surface area contributed by atoms with E-state index in [1.165, 1.54) is 11.0 Å². The number of carbonyl (C=O) groups excluding carboxylic acids is 2. The monoisotopic (exact) mass is 293 g/mol. The number of carbonyl (C=O) groups is 2. The molecular weight excluding hydrogens is 277 g/mol. The van der Waals surface area contributed by atoms with Crippen LogP contribution in [0.4, 0.5) is 15.8 Å². The summed E-state index contributed by atoms with van der Waals surface area (Å²) in [5.41, 5.74) is 0.796. The standard InChI is InChI=1S/C14H16FN3O3/c1-18(6-12(19)16-7-2-3-7)11-5-10-8(4-9(11)15)13(20)14(21)17-10/h4-5,7,13,20H,2-3,6H2,1H3,(H,16,19)(H,17,21). The number of halogens is 1. The van der Waals surface area contributed by atoms with Gasteiger partial charge in [-0.25, -0.2) is 4.39 Å². The number of rotatable bonds is 4. The minimum Gasteiger partial charge on any atom is -0.378 e. The predicted octanol–water partition coefficient (Wildman–Crippen LogP) is 0.526. The molecule has 6 nitrogen and oxygen atoms in total. The van der Waals surface area contributed by atoms with E-state index in [9.17, 15) is 19.1 Å². The Morgan fingerprint density at radius 1 is 1.52 bits per heavy atom. The number of hydrogen-bond donors (Lipinski definition) is 3. The summed E-state index contributed by atoms with van der Waals surface area (Å²) in [5.74, 6) is -1.31. The highest BCUT2D eigenvalue weighted by Gasteiger charge is 2.30. The van der Waals surface area contributed by atoms with E-state index in [0.717, 1.165) is 18.9 Å². The van der Waals surface area contributed by atoms with Crippen molar-refractivity contribution < 1.29 is 19.1 Å². The lowest BCUT2D eigenvalue weighted by molar-refractivity contribution is -0.123. The minimum absolute atomic E-state index is 0.0305. The number of amides is 2. The van der Waals surface area contributed by atoms with Gasteiger partial charge >= 0.3 is 0 Å². The smallest absolute Gasteiger partial charge is 0.257 e. The average molecular weight is 293 g/mol. The number of aliphatic hydroxyl groups is 1. The normalized spacial score (nSPS) is 20.0. The van der Waals surface area contributed by atoms with E-state index in [-0.39, 0.29) is 29.7 Å². The summed E-state index contributed by atoms with van der Waals surface area (Å²) in [6.45, 7) is 0.0305. The highest BCUT2D eigenvalue weighted by Crippen LogP contribution is 2.35. The van der Waals surface area contributed by atoms with E-state index in [0.29, 0.717) is 5.69 Å². The third-order valence-electron chi connectivity index (χ3n) is 3.65. The maximum atomic E-state index is 14.1. The molecule has 1 saturated carbocycles. The number of benzene rings is 1. The van der Waals surface area contributed by atoms with Crippen molar-refractivity contribution in [2.45, 2.75) is 25.0 Å². The summed E-state index contributed by atoms with van der Waals surface area (Å²) in [4.78, 5) is 24.6. The summed E-state index contributed by atoms with van der Waals surface area (Å²) in [7, 11) is 1.60. The number of aliphatic hydroxyl groups excluding tert-OH is 1. The zero-order valence-corrected chi connectivity index (χ0v) is 11.5. The molecule has 0 bridgehead atoms. The molecule has 0 radical (unpaired) electrons. The van der Waals surface area contributed by atoms with Crippen LogP contribution in [0.5, 0.6) is 0 Å². The van der Waals surface area contributed by atoms with Crippen molar-refractivity contribution >= 4 is 23.2 Å². The van der Waals surface area contributed by atoms with E-state index < -0.39 is 17.8 Å². The molecule has 112 valence electrons. The molecule has 1 aromatic carbocycles. The van der Waals surface area contributed by atoms with Crippen LogP contribution in [0.3, 0.4) is 0 Å². The molecule has 3 N–H and O–H groups in total. The molecule has 1 aromatic rings. The molecule has 1 unspecified atom stereocenters. The van der Waals surface area contributed by atoms with Crippen LogP contribution < -0.4 is 15.5 Å². The molecule has 0 spiro atoms. The first-order valence-electron chi connectivity index (χ1n) is 6.78. The largest absolute Gasteiger partial charge is 0.378 e. The van der Waals surface area contributed by atoms with E-state index in [4.69, 9.17) is 0 Å². The average Bonchev–Trinajstić information content (AvgIpc) is 3.18. The van der Waals surface area contributed by atoms with Crippen LogP contribution in [0.25, 0.3) is 0 Å². The zero-order chi connectivity index (χ0) is 15.1. The topological polar surface area (TPSA) is 81.7 Å². The zero-order valence-electron chi connectivity index (χ0n) is 11.5. The first-order valence-corrected chi connectivity index (χ1v) is 6.78. The highest BCUT2D eigenvalue weighted by atomic mass is 19.1. The lowest BCUT2D eigenvalue weighted by atomic mass is 10.1. The number of nitrogens with zero attached hydrogens (tertiary/aromatic N) is 1. The van der Waals surface area contributed by atoms with Gasteiger partial charge in [0.05, 0.1) is 12.2 Å². The predicted molar refractivity (Wildman–Crippen MR) is 74.4 cm³/mol. The van der Waals surface area contributed by atoms with Gasteiger partial charge in [0, 0.05) is 24.3 Å². The Hall–Kier alpha value is -2.15. The van der Waals surface area contributed by atoms with Crippen LogP contribution in [0.1, 0.15) is 24.5 Å². The van der Waals surface area contributed by atoms with Gasteiger partial charge in [0.15, 0.2) is 6.10 Å². The van der Waals surface area contributed by atoms with Gasteiger partial charge in [-0.1, -0.05) is 0 Å². The second-order valence-electron chi connectivity index (χ2n) is 5.48. The van der Waals surface area contributed by atoms with E-state index in [1.807, 2.05) is 0 Å². The Morgan fingerprint density at radius 3 is 2.90 bits per heavy atom. The molecule has 21 heavy (non-hydrogen) atoms. The molecular formula is C14H16FN3O3. The van der Waals surface area contributed by atoms with Crippen LogP contribution in [-0.2, 0) is 9.59 Å². The maximum absolute atomic E-state index is 14.1. The Labute approximate surface area is 120 Å². The van der Waals surface area contributed by atoms with E-state index in [1.54, 1.807) is 7.05 Å². The molecule has 3 rings (SSSR count). The van der Waals surface area contributed by atoms with Crippen LogP contribution in [0.15, 0.2) is 12.1 Å². The Morgan fingerprint density at radius 2 is 2.24 bits per heavy atom. The number of likely N-dealkylation sites (N-methyl/N-ethyl adjacent to an activating group) is 1. The highest BCUT2D eigenvalue weighted by molar-refractivity contribution is 6.02. The molecule has 2 aliphatic rings. The van der Waals surface area contributed by atoms with Gasteiger partial charge in [-0.2, -0.15) is 0 Å². The molecule has 1 fully saturated rings. The molecule has 0 saturated heterocycles.